The van der Waals surface area contributed by atoms with Crippen LogP contribution in [0.4, 0.5) is 4.79 Å². The van der Waals surface area contributed by atoms with Crippen molar-refractivity contribution in [2.75, 3.05) is 26.3 Å². The number of nitrogens with zero attached hydrogens (tertiary/aromatic N) is 1. The molecule has 1 fully saturated rings. The number of hydrogen-bond donors (Lipinski definition) is 1. The van der Waals surface area contributed by atoms with E-state index in [1.165, 1.54) is 4.90 Å². The Labute approximate surface area is 96.3 Å². The van der Waals surface area contributed by atoms with Gasteiger partial charge in [0.1, 0.15) is 11.2 Å². The van der Waals surface area contributed by atoms with Crippen molar-refractivity contribution < 1.29 is 19.4 Å². The zero-order valence-electron chi connectivity index (χ0n) is 10.4. The van der Waals surface area contributed by atoms with Gasteiger partial charge in [-0.15, -0.1) is 0 Å². The number of rotatable bonds is 3. The molecule has 0 unspecified atom stereocenters. The maximum Gasteiger partial charge on any atom is 0.410 e. The van der Waals surface area contributed by atoms with Crippen molar-refractivity contribution in [3.63, 3.8) is 0 Å². The van der Waals surface area contributed by atoms with E-state index < -0.39 is 11.2 Å². The zero-order valence-corrected chi connectivity index (χ0v) is 10.4. The summed E-state index contributed by atoms with van der Waals surface area (Å²) in [5.41, 5.74) is -1.06. The van der Waals surface area contributed by atoms with Crippen LogP contribution in [0.3, 0.4) is 0 Å². The predicted octanol–water partition coefficient (Wildman–Crippen LogP) is 1.00. The monoisotopic (exact) mass is 231 g/mol. The fraction of sp³-hybridized carbons (Fsp3) is 0.909. The number of ether oxygens (including phenoxy) is 2. The van der Waals surface area contributed by atoms with Gasteiger partial charge in [-0.05, 0) is 27.7 Å². The Morgan fingerprint density at radius 3 is 2.38 bits per heavy atom. The molecular formula is C11H21NO4. The highest BCUT2D eigenvalue weighted by molar-refractivity contribution is 5.69. The number of hydrogen-bond acceptors (Lipinski definition) is 4. The van der Waals surface area contributed by atoms with Gasteiger partial charge in [-0.2, -0.15) is 0 Å². The van der Waals surface area contributed by atoms with E-state index in [-0.39, 0.29) is 12.7 Å². The molecule has 1 saturated heterocycles. The van der Waals surface area contributed by atoms with Crippen molar-refractivity contribution in [1.82, 2.24) is 4.90 Å². The Hall–Kier alpha value is -0.810. The van der Waals surface area contributed by atoms with E-state index in [0.717, 1.165) is 0 Å². The van der Waals surface area contributed by atoms with E-state index in [1.54, 1.807) is 0 Å². The molecule has 1 amide bonds. The van der Waals surface area contributed by atoms with E-state index >= 15 is 0 Å². The molecule has 1 heterocycles. The minimum absolute atomic E-state index is 0.0693. The summed E-state index contributed by atoms with van der Waals surface area (Å²) in [6.07, 6.45) is -0.351. The molecule has 5 nitrogen and oxygen atoms in total. The van der Waals surface area contributed by atoms with Gasteiger partial charge in [-0.25, -0.2) is 4.79 Å². The van der Waals surface area contributed by atoms with Crippen LogP contribution in [0, 0.1) is 0 Å². The maximum atomic E-state index is 11.6. The van der Waals surface area contributed by atoms with Crippen LogP contribution in [0.2, 0.25) is 0 Å². The van der Waals surface area contributed by atoms with Crippen LogP contribution in [-0.2, 0) is 9.47 Å². The van der Waals surface area contributed by atoms with Gasteiger partial charge in [0.25, 0.3) is 0 Å². The Morgan fingerprint density at radius 1 is 1.44 bits per heavy atom. The quantitative estimate of drug-likeness (QED) is 0.787. The first-order valence-corrected chi connectivity index (χ1v) is 5.55. The molecule has 5 heteroatoms. The molecule has 1 aliphatic heterocycles. The zero-order chi connectivity index (χ0) is 12.4. The van der Waals surface area contributed by atoms with E-state index in [4.69, 9.17) is 9.47 Å². The van der Waals surface area contributed by atoms with Crippen molar-refractivity contribution in [3.05, 3.63) is 0 Å². The number of aliphatic hydroxyl groups excluding tert-OH is 1. The number of amides is 1. The second-order valence-corrected chi connectivity index (χ2v) is 5.11. The summed E-state index contributed by atoms with van der Waals surface area (Å²) >= 11 is 0. The smallest absolute Gasteiger partial charge is 0.410 e. The standard InChI is InChI=1S/C11H21NO4/c1-5-15-11(8-13)6-12(7-11)9(14)16-10(2,3)4/h13H,5-8H2,1-4H3. The molecule has 0 atom stereocenters. The second-order valence-electron chi connectivity index (χ2n) is 5.11. The fourth-order valence-electron chi connectivity index (χ4n) is 1.65. The highest BCUT2D eigenvalue weighted by Gasteiger charge is 2.47. The topological polar surface area (TPSA) is 59.0 Å². The summed E-state index contributed by atoms with van der Waals surface area (Å²) in [7, 11) is 0. The molecule has 0 aliphatic carbocycles. The minimum Gasteiger partial charge on any atom is -0.444 e. The Balaban J connectivity index is 2.42. The third-order valence-electron chi connectivity index (χ3n) is 2.35. The third kappa shape index (κ3) is 3.09. The molecule has 1 rings (SSSR count). The van der Waals surface area contributed by atoms with Gasteiger partial charge in [0, 0.05) is 6.61 Å². The van der Waals surface area contributed by atoms with Gasteiger partial charge in [0.05, 0.1) is 19.7 Å². The summed E-state index contributed by atoms with van der Waals surface area (Å²) in [6, 6.07) is 0. The van der Waals surface area contributed by atoms with E-state index in [2.05, 4.69) is 0 Å². The molecule has 0 bridgehead atoms. The van der Waals surface area contributed by atoms with Crippen molar-refractivity contribution in [1.29, 1.82) is 0 Å². The molecule has 0 aromatic carbocycles. The van der Waals surface area contributed by atoms with Gasteiger partial charge < -0.3 is 19.5 Å². The van der Waals surface area contributed by atoms with Crippen LogP contribution in [0.1, 0.15) is 27.7 Å². The highest BCUT2D eigenvalue weighted by Crippen LogP contribution is 2.26. The lowest BCUT2D eigenvalue weighted by atomic mass is 9.95. The molecule has 1 aliphatic rings. The molecule has 94 valence electrons. The van der Waals surface area contributed by atoms with Gasteiger partial charge in [-0.1, -0.05) is 0 Å². The summed E-state index contributed by atoms with van der Waals surface area (Å²) in [6.45, 7) is 8.60. The van der Waals surface area contributed by atoms with E-state index in [9.17, 15) is 9.90 Å². The number of carbonyl (C=O) groups excluding carboxylic acids is 1. The molecule has 1 N–H and O–H groups in total. The van der Waals surface area contributed by atoms with Crippen molar-refractivity contribution >= 4 is 6.09 Å². The first-order chi connectivity index (χ1) is 7.32. The average molecular weight is 231 g/mol. The van der Waals surface area contributed by atoms with Gasteiger partial charge >= 0.3 is 6.09 Å². The average Bonchev–Trinajstić information content (AvgIpc) is 2.07. The Kier molecular flexibility index (Phi) is 3.80. The lowest BCUT2D eigenvalue weighted by Crippen LogP contribution is -2.67. The van der Waals surface area contributed by atoms with Gasteiger partial charge in [-0.3, -0.25) is 0 Å². The molecule has 0 radical (unpaired) electrons. The SMILES string of the molecule is CCOC1(CO)CN(C(=O)OC(C)(C)C)C1. The first-order valence-electron chi connectivity index (χ1n) is 5.55. The maximum absolute atomic E-state index is 11.6. The fourth-order valence-corrected chi connectivity index (χ4v) is 1.65. The van der Waals surface area contributed by atoms with Gasteiger partial charge in [0.15, 0.2) is 0 Å². The normalized spacial score (nSPS) is 19.2. The lowest BCUT2D eigenvalue weighted by Gasteiger charge is -2.48. The van der Waals surface area contributed by atoms with Crippen molar-refractivity contribution in [2.45, 2.75) is 38.9 Å². The number of likely N-dealkylation sites (tertiary alicyclic amines) is 1. The third-order valence-corrected chi connectivity index (χ3v) is 2.35. The van der Waals surface area contributed by atoms with Crippen LogP contribution >= 0.6 is 0 Å². The van der Waals surface area contributed by atoms with Crippen LogP contribution < -0.4 is 0 Å². The summed E-state index contributed by atoms with van der Waals surface area (Å²) < 4.78 is 10.6. The van der Waals surface area contributed by atoms with E-state index in [1.807, 2.05) is 27.7 Å². The first kappa shape index (κ1) is 13.3. The van der Waals surface area contributed by atoms with E-state index in [0.29, 0.717) is 19.7 Å². The van der Waals surface area contributed by atoms with Crippen LogP contribution in [0.25, 0.3) is 0 Å². The lowest BCUT2D eigenvalue weighted by molar-refractivity contribution is -0.157. The molecule has 0 saturated carbocycles. The Morgan fingerprint density at radius 2 is 2.00 bits per heavy atom. The number of aliphatic hydroxyl groups is 1. The number of carbonyl (C=O) groups is 1. The summed E-state index contributed by atoms with van der Waals surface area (Å²) in [4.78, 5) is 13.2. The molecule has 16 heavy (non-hydrogen) atoms. The summed E-state index contributed by atoms with van der Waals surface area (Å²) in [5.74, 6) is 0. The second kappa shape index (κ2) is 4.59. The Bertz CT molecular complexity index is 253. The largest absolute Gasteiger partial charge is 0.444 e. The van der Waals surface area contributed by atoms with Crippen LogP contribution in [0.5, 0.6) is 0 Å². The highest BCUT2D eigenvalue weighted by atomic mass is 16.6. The molecule has 0 spiro atoms. The van der Waals surface area contributed by atoms with Crippen molar-refractivity contribution in [2.24, 2.45) is 0 Å². The van der Waals surface area contributed by atoms with Crippen LogP contribution in [-0.4, -0.2) is 53.6 Å². The molecular weight excluding hydrogens is 210 g/mol. The van der Waals surface area contributed by atoms with Crippen molar-refractivity contribution in [3.8, 4) is 0 Å². The van der Waals surface area contributed by atoms with Gasteiger partial charge in [0.2, 0.25) is 0 Å². The summed E-state index contributed by atoms with van der Waals surface area (Å²) in [5, 5.41) is 9.20. The molecule has 0 aromatic rings. The van der Waals surface area contributed by atoms with Crippen LogP contribution in [0.15, 0.2) is 0 Å². The predicted molar refractivity (Wildman–Crippen MR) is 59.2 cm³/mol. The minimum atomic E-state index is -0.578. The molecule has 0 aromatic heterocycles.